The van der Waals surface area contributed by atoms with E-state index in [1.165, 1.54) is 0 Å². The summed E-state index contributed by atoms with van der Waals surface area (Å²) in [6, 6.07) is 9.05. The van der Waals surface area contributed by atoms with Crippen molar-refractivity contribution in [1.82, 2.24) is 19.5 Å². The van der Waals surface area contributed by atoms with Gasteiger partial charge >= 0.3 is 0 Å². The summed E-state index contributed by atoms with van der Waals surface area (Å²) in [6.45, 7) is 1.95. The van der Waals surface area contributed by atoms with Crippen LogP contribution in [0.25, 0.3) is 5.82 Å². The van der Waals surface area contributed by atoms with Gasteiger partial charge in [-0.05, 0) is 24.3 Å². The molecule has 0 bridgehead atoms. The van der Waals surface area contributed by atoms with Crippen LogP contribution in [0.4, 0.5) is 11.5 Å². The predicted octanol–water partition coefficient (Wildman–Crippen LogP) is 2.48. The first-order valence-electron chi connectivity index (χ1n) is 8.87. The normalized spacial score (nSPS) is 14.0. The Morgan fingerprint density at radius 1 is 1.11 bits per heavy atom. The second-order valence-corrected chi connectivity index (χ2v) is 7.41. The molecule has 9 heteroatoms. The van der Waals surface area contributed by atoms with Crippen LogP contribution in [-0.2, 0) is 0 Å². The molecular formula is C19H20N6O2S. The highest BCUT2D eigenvalue weighted by molar-refractivity contribution is 7.99. The highest BCUT2D eigenvalue weighted by Crippen LogP contribution is 2.19. The number of benzene rings is 1. The number of imidazole rings is 1. The van der Waals surface area contributed by atoms with E-state index in [0.717, 1.165) is 36.2 Å². The van der Waals surface area contributed by atoms with Gasteiger partial charge < -0.3 is 15.0 Å². The smallest absolute Gasteiger partial charge is 0.275 e. The Balaban J connectivity index is 1.48. The molecule has 0 aliphatic carbocycles. The quantitative estimate of drug-likeness (QED) is 0.709. The second-order valence-electron chi connectivity index (χ2n) is 6.18. The van der Waals surface area contributed by atoms with Crippen LogP contribution >= 0.6 is 11.8 Å². The Bertz CT molecular complexity index is 953. The fourth-order valence-corrected chi connectivity index (χ4v) is 3.78. The molecule has 0 radical (unpaired) electrons. The average Bonchev–Trinajstić information content (AvgIpc) is 3.26. The molecule has 1 aromatic carbocycles. The number of nitrogens with zero attached hydrogens (tertiary/aromatic N) is 5. The van der Waals surface area contributed by atoms with E-state index in [4.69, 9.17) is 4.74 Å². The second kappa shape index (κ2) is 8.30. The molecule has 1 amide bonds. The van der Waals surface area contributed by atoms with Gasteiger partial charge in [-0.1, -0.05) is 0 Å². The maximum Gasteiger partial charge on any atom is 0.275 e. The molecule has 1 aliphatic heterocycles. The molecule has 1 fully saturated rings. The molecular weight excluding hydrogens is 376 g/mol. The number of hydrogen-bond acceptors (Lipinski definition) is 7. The van der Waals surface area contributed by atoms with Crippen LogP contribution in [0.1, 0.15) is 10.5 Å². The van der Waals surface area contributed by atoms with Crippen LogP contribution in [0.3, 0.4) is 0 Å². The first-order chi connectivity index (χ1) is 13.7. The van der Waals surface area contributed by atoms with Gasteiger partial charge in [-0.2, -0.15) is 11.8 Å². The molecule has 1 N–H and O–H groups in total. The molecule has 3 aromatic rings. The molecule has 8 nitrogen and oxygen atoms in total. The van der Waals surface area contributed by atoms with Crippen LogP contribution in [-0.4, -0.2) is 57.1 Å². The molecule has 4 rings (SSSR count). The molecule has 0 spiro atoms. The van der Waals surface area contributed by atoms with Crippen molar-refractivity contribution >= 4 is 29.2 Å². The number of ether oxygens (including phenoxy) is 1. The van der Waals surface area contributed by atoms with Crippen molar-refractivity contribution < 1.29 is 9.53 Å². The Morgan fingerprint density at radius 3 is 2.61 bits per heavy atom. The largest absolute Gasteiger partial charge is 0.497 e. The Morgan fingerprint density at radius 2 is 1.86 bits per heavy atom. The monoisotopic (exact) mass is 396 g/mol. The van der Waals surface area contributed by atoms with E-state index < -0.39 is 0 Å². The molecule has 3 heterocycles. The van der Waals surface area contributed by atoms with Crippen LogP contribution < -0.4 is 15.0 Å². The fourth-order valence-electron chi connectivity index (χ4n) is 2.88. The molecule has 28 heavy (non-hydrogen) atoms. The lowest BCUT2D eigenvalue weighted by Gasteiger charge is -2.27. The lowest BCUT2D eigenvalue weighted by Crippen LogP contribution is -2.33. The first-order valence-corrected chi connectivity index (χ1v) is 10.0. The van der Waals surface area contributed by atoms with Gasteiger partial charge in [-0.15, -0.1) is 0 Å². The number of amides is 1. The van der Waals surface area contributed by atoms with Gasteiger partial charge in [-0.25, -0.2) is 15.0 Å². The van der Waals surface area contributed by atoms with E-state index in [2.05, 4.69) is 25.2 Å². The summed E-state index contributed by atoms with van der Waals surface area (Å²) in [6.07, 6.45) is 4.79. The lowest BCUT2D eigenvalue weighted by molar-refractivity contribution is 0.102. The summed E-state index contributed by atoms with van der Waals surface area (Å²) < 4.78 is 6.85. The molecule has 144 valence electrons. The zero-order chi connectivity index (χ0) is 19.3. The molecule has 1 saturated heterocycles. The predicted molar refractivity (Wildman–Crippen MR) is 110 cm³/mol. The molecule has 0 saturated carbocycles. The average molecular weight is 396 g/mol. The van der Waals surface area contributed by atoms with E-state index in [9.17, 15) is 4.79 Å². The number of aromatic nitrogens is 4. The van der Waals surface area contributed by atoms with Crippen molar-refractivity contribution in [2.75, 3.05) is 41.9 Å². The third-order valence-corrected chi connectivity index (χ3v) is 5.34. The Kier molecular flexibility index (Phi) is 5.43. The molecule has 1 aliphatic rings. The van der Waals surface area contributed by atoms with Crippen LogP contribution in [0.2, 0.25) is 0 Å². The zero-order valence-electron chi connectivity index (χ0n) is 15.4. The minimum Gasteiger partial charge on any atom is -0.497 e. The first kappa shape index (κ1) is 18.3. The summed E-state index contributed by atoms with van der Waals surface area (Å²) in [5, 5.41) is 2.82. The van der Waals surface area contributed by atoms with E-state index in [-0.39, 0.29) is 5.91 Å². The maximum atomic E-state index is 12.5. The Labute approximate surface area is 167 Å². The van der Waals surface area contributed by atoms with E-state index >= 15 is 0 Å². The number of nitrogens with one attached hydrogen (secondary N) is 1. The van der Waals surface area contributed by atoms with E-state index in [1.54, 1.807) is 54.8 Å². The molecule has 0 atom stereocenters. The number of thioether (sulfide) groups is 1. The summed E-state index contributed by atoms with van der Waals surface area (Å²) in [4.78, 5) is 27.6. The van der Waals surface area contributed by atoms with Crippen molar-refractivity contribution in [3.8, 4) is 11.6 Å². The fraction of sp³-hybridized carbons (Fsp3) is 0.263. The number of rotatable bonds is 5. The number of hydrogen-bond donors (Lipinski definition) is 1. The topological polar surface area (TPSA) is 85.2 Å². The highest BCUT2D eigenvalue weighted by Gasteiger charge is 2.15. The molecule has 0 unspecified atom stereocenters. The van der Waals surface area contributed by atoms with Gasteiger partial charge in [0.15, 0.2) is 0 Å². The standard InChI is InChI=1S/C19H20N6O2S/c1-27-15-4-2-14(3-5-15)23-19(26)16-11-25(13-22-16)18-10-17(20-12-21-18)24-6-8-28-9-7-24/h2-5,10-13H,6-9H2,1H3,(H,23,26). The van der Waals surface area contributed by atoms with Crippen molar-refractivity contribution in [3.63, 3.8) is 0 Å². The number of carbonyl (C=O) groups is 1. The van der Waals surface area contributed by atoms with E-state index in [1.807, 2.05) is 17.8 Å². The van der Waals surface area contributed by atoms with Gasteiger partial charge in [-0.3, -0.25) is 9.36 Å². The summed E-state index contributed by atoms with van der Waals surface area (Å²) >= 11 is 1.95. The minimum atomic E-state index is -0.286. The third kappa shape index (κ3) is 4.09. The molecule has 2 aromatic heterocycles. The number of anilines is 2. The van der Waals surface area contributed by atoms with E-state index in [0.29, 0.717) is 17.2 Å². The highest BCUT2D eigenvalue weighted by atomic mass is 32.2. The number of carbonyl (C=O) groups excluding carboxylic acids is 1. The van der Waals surface area contributed by atoms with Crippen molar-refractivity contribution in [2.45, 2.75) is 0 Å². The SMILES string of the molecule is COc1ccc(NC(=O)c2cn(-c3cc(N4CCSCC4)ncn3)cn2)cc1. The van der Waals surface area contributed by atoms with Crippen molar-refractivity contribution in [2.24, 2.45) is 0 Å². The number of methoxy groups -OCH3 is 1. The van der Waals surface area contributed by atoms with Gasteiger partial charge in [0.1, 0.15) is 35.7 Å². The van der Waals surface area contributed by atoms with Gasteiger partial charge in [0, 0.05) is 42.5 Å². The van der Waals surface area contributed by atoms with Crippen molar-refractivity contribution in [3.05, 3.63) is 54.9 Å². The van der Waals surface area contributed by atoms with Crippen LogP contribution in [0.15, 0.2) is 49.2 Å². The Hall–Kier alpha value is -3.07. The summed E-state index contributed by atoms with van der Waals surface area (Å²) in [5.74, 6) is 4.21. The summed E-state index contributed by atoms with van der Waals surface area (Å²) in [5.41, 5.74) is 0.984. The lowest BCUT2D eigenvalue weighted by atomic mass is 10.3. The third-order valence-electron chi connectivity index (χ3n) is 4.40. The van der Waals surface area contributed by atoms with Crippen LogP contribution in [0, 0.1) is 0 Å². The van der Waals surface area contributed by atoms with Gasteiger partial charge in [0.25, 0.3) is 5.91 Å². The van der Waals surface area contributed by atoms with Crippen molar-refractivity contribution in [1.29, 1.82) is 0 Å². The van der Waals surface area contributed by atoms with Gasteiger partial charge in [0.2, 0.25) is 0 Å². The minimum absolute atomic E-state index is 0.286. The maximum absolute atomic E-state index is 12.5. The van der Waals surface area contributed by atoms with Gasteiger partial charge in [0.05, 0.1) is 7.11 Å². The summed E-state index contributed by atoms with van der Waals surface area (Å²) in [7, 11) is 1.60. The van der Waals surface area contributed by atoms with Crippen LogP contribution in [0.5, 0.6) is 5.75 Å². The zero-order valence-corrected chi connectivity index (χ0v) is 16.2.